The molecule has 0 bridgehead atoms. The third-order valence-electron chi connectivity index (χ3n) is 3.31. The first-order chi connectivity index (χ1) is 11.1. The van der Waals surface area contributed by atoms with Crippen LogP contribution in [-0.2, 0) is 11.2 Å². The van der Waals surface area contributed by atoms with E-state index in [2.05, 4.69) is 15.6 Å². The van der Waals surface area contributed by atoms with E-state index in [1.807, 2.05) is 31.2 Å². The van der Waals surface area contributed by atoms with Crippen LogP contribution < -0.4 is 10.6 Å². The summed E-state index contributed by atoms with van der Waals surface area (Å²) < 4.78 is 0. The number of nitrogens with zero attached hydrogens (tertiary/aromatic N) is 2. The number of nitrogens with one attached hydrogen (secondary N) is 2. The van der Waals surface area contributed by atoms with Crippen LogP contribution in [0.25, 0.3) is 0 Å². The van der Waals surface area contributed by atoms with Gasteiger partial charge >= 0.3 is 6.03 Å². The van der Waals surface area contributed by atoms with Gasteiger partial charge in [-0.15, -0.1) is 0 Å². The summed E-state index contributed by atoms with van der Waals surface area (Å²) in [5.74, 6) is -0.241. The topological polar surface area (TPSA) is 74.3 Å². The third kappa shape index (κ3) is 4.81. The molecule has 1 heterocycles. The molecule has 0 aliphatic carbocycles. The van der Waals surface area contributed by atoms with Gasteiger partial charge in [0.05, 0.1) is 11.9 Å². The maximum Gasteiger partial charge on any atom is 0.322 e. The van der Waals surface area contributed by atoms with Crippen molar-refractivity contribution in [2.45, 2.75) is 13.3 Å². The third-order valence-corrected chi connectivity index (χ3v) is 3.31. The maximum absolute atomic E-state index is 12.1. The van der Waals surface area contributed by atoms with Crippen LogP contribution >= 0.6 is 0 Å². The summed E-state index contributed by atoms with van der Waals surface area (Å²) in [5, 5.41) is 5.52. The van der Waals surface area contributed by atoms with Crippen molar-refractivity contribution in [3.8, 4) is 0 Å². The molecule has 6 nitrogen and oxygen atoms in total. The van der Waals surface area contributed by atoms with Crippen molar-refractivity contribution >= 4 is 23.3 Å². The second-order valence-corrected chi connectivity index (χ2v) is 5.09. The van der Waals surface area contributed by atoms with Crippen molar-refractivity contribution in [2.75, 3.05) is 24.2 Å². The van der Waals surface area contributed by atoms with Gasteiger partial charge in [-0.3, -0.25) is 9.78 Å². The molecule has 0 unspecified atom stereocenters. The second-order valence-electron chi connectivity index (χ2n) is 5.09. The highest BCUT2D eigenvalue weighted by Gasteiger charge is 2.14. The minimum atomic E-state index is -0.364. The molecule has 0 aliphatic rings. The highest BCUT2D eigenvalue weighted by Crippen LogP contribution is 2.15. The van der Waals surface area contributed by atoms with E-state index >= 15 is 0 Å². The van der Waals surface area contributed by atoms with E-state index in [9.17, 15) is 9.59 Å². The van der Waals surface area contributed by atoms with Crippen LogP contribution in [-0.4, -0.2) is 35.4 Å². The summed E-state index contributed by atoms with van der Waals surface area (Å²) >= 11 is 0. The van der Waals surface area contributed by atoms with Crippen molar-refractivity contribution in [2.24, 2.45) is 0 Å². The summed E-state index contributed by atoms with van der Waals surface area (Å²) in [6, 6.07) is 10.7. The lowest BCUT2D eigenvalue weighted by atomic mass is 10.1. The number of carbonyl (C=O) groups is 2. The van der Waals surface area contributed by atoms with Gasteiger partial charge in [0.15, 0.2) is 0 Å². The first-order valence-electron chi connectivity index (χ1n) is 7.40. The molecule has 0 radical (unpaired) electrons. The Morgan fingerprint density at radius 3 is 2.61 bits per heavy atom. The Morgan fingerprint density at radius 2 is 1.91 bits per heavy atom. The van der Waals surface area contributed by atoms with E-state index in [1.165, 1.54) is 4.90 Å². The predicted molar refractivity (Wildman–Crippen MR) is 90.3 cm³/mol. The van der Waals surface area contributed by atoms with E-state index in [0.717, 1.165) is 17.7 Å². The number of pyridine rings is 1. The fourth-order valence-corrected chi connectivity index (χ4v) is 2.08. The first-order valence-corrected chi connectivity index (χ1v) is 7.40. The molecule has 0 saturated heterocycles. The predicted octanol–water partition coefficient (Wildman–Crippen LogP) is 2.75. The molecule has 0 saturated carbocycles. The second kappa shape index (κ2) is 7.93. The van der Waals surface area contributed by atoms with Crippen LogP contribution in [0.15, 0.2) is 48.8 Å². The van der Waals surface area contributed by atoms with Gasteiger partial charge in [0, 0.05) is 18.9 Å². The summed E-state index contributed by atoms with van der Waals surface area (Å²) in [4.78, 5) is 29.4. The maximum atomic E-state index is 12.1. The minimum Gasteiger partial charge on any atom is -0.324 e. The Labute approximate surface area is 135 Å². The zero-order valence-corrected chi connectivity index (χ0v) is 13.2. The van der Waals surface area contributed by atoms with Crippen LogP contribution in [0.1, 0.15) is 12.5 Å². The molecule has 0 aliphatic heterocycles. The number of benzene rings is 1. The zero-order valence-electron chi connectivity index (χ0n) is 13.2. The monoisotopic (exact) mass is 312 g/mol. The molecule has 0 spiro atoms. The molecule has 2 N–H and O–H groups in total. The Balaban J connectivity index is 1.90. The molecule has 0 fully saturated rings. The van der Waals surface area contributed by atoms with Crippen LogP contribution in [0.2, 0.25) is 0 Å². The largest absolute Gasteiger partial charge is 0.324 e. The Kier molecular flexibility index (Phi) is 5.68. The number of amides is 3. The number of anilines is 2. The average molecular weight is 312 g/mol. The number of urea groups is 1. The van der Waals surface area contributed by atoms with Crippen molar-refractivity contribution in [3.05, 3.63) is 54.4 Å². The first kappa shape index (κ1) is 16.5. The smallest absolute Gasteiger partial charge is 0.322 e. The Hall–Kier alpha value is -2.89. The highest BCUT2D eigenvalue weighted by atomic mass is 16.2. The molecule has 6 heteroatoms. The summed E-state index contributed by atoms with van der Waals surface area (Å²) in [5.41, 5.74) is 2.42. The molecular formula is C17H20N4O2. The van der Waals surface area contributed by atoms with Crippen LogP contribution in [0.4, 0.5) is 16.2 Å². The Bertz CT molecular complexity index is 673. The number of aryl methyl sites for hydroxylation is 1. The number of likely N-dealkylation sites (N-methyl/N-ethyl adjacent to an activating group) is 1. The molecule has 2 rings (SSSR count). The number of hydrogen-bond donors (Lipinski definition) is 2. The molecule has 1 aromatic carbocycles. The van der Waals surface area contributed by atoms with Crippen molar-refractivity contribution < 1.29 is 9.59 Å². The summed E-state index contributed by atoms with van der Waals surface area (Å²) in [6.07, 6.45) is 4.00. The van der Waals surface area contributed by atoms with Gasteiger partial charge in [-0.05, 0) is 30.2 Å². The van der Waals surface area contributed by atoms with Gasteiger partial charge in [-0.1, -0.05) is 25.1 Å². The Morgan fingerprint density at radius 1 is 1.13 bits per heavy atom. The lowest BCUT2D eigenvalue weighted by Gasteiger charge is -2.18. The number of carbonyl (C=O) groups excluding carboxylic acids is 2. The van der Waals surface area contributed by atoms with Gasteiger partial charge in [-0.25, -0.2) is 4.79 Å². The normalized spacial score (nSPS) is 10.0. The van der Waals surface area contributed by atoms with Gasteiger partial charge < -0.3 is 15.5 Å². The van der Waals surface area contributed by atoms with Crippen molar-refractivity contribution in [1.29, 1.82) is 0 Å². The fourth-order valence-electron chi connectivity index (χ4n) is 2.08. The van der Waals surface area contributed by atoms with Gasteiger partial charge in [-0.2, -0.15) is 0 Å². The van der Waals surface area contributed by atoms with Gasteiger partial charge in [0.2, 0.25) is 5.91 Å². The summed E-state index contributed by atoms with van der Waals surface area (Å²) in [6.45, 7) is 1.99. The molecule has 0 atom stereocenters. The van der Waals surface area contributed by atoms with Crippen molar-refractivity contribution in [3.63, 3.8) is 0 Å². The number of rotatable bonds is 5. The minimum absolute atomic E-state index is 0.0376. The van der Waals surface area contributed by atoms with E-state index in [-0.39, 0.29) is 18.5 Å². The number of aromatic nitrogens is 1. The van der Waals surface area contributed by atoms with Crippen LogP contribution in [0, 0.1) is 0 Å². The van der Waals surface area contributed by atoms with E-state index in [1.54, 1.807) is 31.6 Å². The quantitative estimate of drug-likeness (QED) is 0.891. The summed E-state index contributed by atoms with van der Waals surface area (Å²) in [7, 11) is 1.57. The standard InChI is InChI=1S/C17H20N4O2/c1-3-13-7-4-5-9-15(13)20-16(22)12-21(2)17(23)19-14-8-6-10-18-11-14/h4-11H,3,12H2,1-2H3,(H,19,23)(H,20,22). The molecule has 23 heavy (non-hydrogen) atoms. The van der Waals surface area contributed by atoms with E-state index < -0.39 is 0 Å². The van der Waals surface area contributed by atoms with Crippen LogP contribution in [0.3, 0.4) is 0 Å². The number of para-hydroxylation sites is 1. The SMILES string of the molecule is CCc1ccccc1NC(=O)CN(C)C(=O)Nc1cccnc1. The molecule has 120 valence electrons. The fraction of sp³-hybridized carbons (Fsp3) is 0.235. The lowest BCUT2D eigenvalue weighted by molar-refractivity contribution is -0.116. The zero-order chi connectivity index (χ0) is 16.7. The lowest BCUT2D eigenvalue weighted by Crippen LogP contribution is -2.37. The molecule has 1 aromatic heterocycles. The molecule has 3 amide bonds. The van der Waals surface area contributed by atoms with Crippen molar-refractivity contribution in [1.82, 2.24) is 9.88 Å². The van der Waals surface area contributed by atoms with E-state index in [0.29, 0.717) is 5.69 Å². The number of hydrogen-bond acceptors (Lipinski definition) is 3. The molecule has 2 aromatic rings. The van der Waals surface area contributed by atoms with E-state index in [4.69, 9.17) is 0 Å². The molecular weight excluding hydrogens is 292 g/mol. The highest BCUT2D eigenvalue weighted by molar-refractivity contribution is 5.97. The average Bonchev–Trinajstić information content (AvgIpc) is 2.56. The van der Waals surface area contributed by atoms with Crippen LogP contribution in [0.5, 0.6) is 0 Å². The van der Waals surface area contributed by atoms with Gasteiger partial charge in [0.25, 0.3) is 0 Å². The van der Waals surface area contributed by atoms with Gasteiger partial charge in [0.1, 0.15) is 6.54 Å².